The van der Waals surface area contributed by atoms with Crippen LogP contribution in [0.15, 0.2) is 12.7 Å². The molecule has 2 heteroatoms. The third-order valence-electron chi connectivity index (χ3n) is 1.70. The van der Waals surface area contributed by atoms with Gasteiger partial charge < -0.3 is 10.5 Å². The lowest BCUT2D eigenvalue weighted by Crippen LogP contribution is -2.35. The van der Waals surface area contributed by atoms with Gasteiger partial charge in [-0.2, -0.15) is 0 Å². The van der Waals surface area contributed by atoms with Crippen molar-refractivity contribution in [2.75, 3.05) is 6.61 Å². The van der Waals surface area contributed by atoms with Crippen LogP contribution in [-0.2, 0) is 4.74 Å². The molecule has 0 aromatic heterocycles. The predicted octanol–water partition coefficient (Wildman–Crippen LogP) is 1.70. The Kier molecular flexibility index (Phi) is 6.18. The highest BCUT2D eigenvalue weighted by atomic mass is 16.5. The molecule has 2 unspecified atom stereocenters. The van der Waals surface area contributed by atoms with Crippen LogP contribution in [0.25, 0.3) is 0 Å². The van der Waals surface area contributed by atoms with Gasteiger partial charge >= 0.3 is 0 Å². The van der Waals surface area contributed by atoms with Gasteiger partial charge in [0, 0.05) is 12.6 Å². The van der Waals surface area contributed by atoms with Crippen molar-refractivity contribution in [3.05, 3.63) is 12.7 Å². The van der Waals surface area contributed by atoms with Crippen molar-refractivity contribution < 1.29 is 4.74 Å². The van der Waals surface area contributed by atoms with Gasteiger partial charge in [0.2, 0.25) is 0 Å². The second-order valence-corrected chi connectivity index (χ2v) is 2.59. The minimum Gasteiger partial charge on any atom is -0.377 e. The first-order valence-electron chi connectivity index (χ1n) is 4.24. The van der Waals surface area contributed by atoms with Crippen molar-refractivity contribution in [3.63, 3.8) is 0 Å². The molecule has 0 aromatic carbocycles. The Balaban J connectivity index is 3.70. The molecule has 0 aliphatic rings. The van der Waals surface area contributed by atoms with Crippen molar-refractivity contribution in [1.82, 2.24) is 0 Å². The van der Waals surface area contributed by atoms with Crippen LogP contribution in [0.1, 0.15) is 26.7 Å². The number of nitrogens with two attached hydrogens (primary N) is 1. The molecule has 0 bridgehead atoms. The molecule has 66 valence electrons. The summed E-state index contributed by atoms with van der Waals surface area (Å²) in [5.74, 6) is 0. The molecule has 2 atom stereocenters. The lowest BCUT2D eigenvalue weighted by atomic mass is 10.1. The molecule has 0 spiro atoms. The summed E-state index contributed by atoms with van der Waals surface area (Å²) in [4.78, 5) is 0. The Hall–Kier alpha value is -0.340. The van der Waals surface area contributed by atoms with Crippen molar-refractivity contribution >= 4 is 0 Å². The molecular weight excluding hydrogens is 138 g/mol. The minimum absolute atomic E-state index is 0.109. The lowest BCUT2D eigenvalue weighted by Gasteiger charge is -2.20. The zero-order valence-corrected chi connectivity index (χ0v) is 7.55. The molecular formula is C9H19NO. The standard InChI is InChI=1S/C9H19NO/c1-4-7-8(10)9(5-2)11-6-3/h4,8-9H,1,5-7,10H2,2-3H3. The van der Waals surface area contributed by atoms with Crippen LogP contribution in [-0.4, -0.2) is 18.8 Å². The van der Waals surface area contributed by atoms with Gasteiger partial charge in [0.05, 0.1) is 6.10 Å². The zero-order chi connectivity index (χ0) is 8.69. The first-order chi connectivity index (χ1) is 5.26. The average Bonchev–Trinajstić information content (AvgIpc) is 2.00. The fourth-order valence-corrected chi connectivity index (χ4v) is 1.10. The lowest BCUT2D eigenvalue weighted by molar-refractivity contribution is 0.0423. The van der Waals surface area contributed by atoms with E-state index in [1.54, 1.807) is 0 Å². The Labute approximate surface area is 69.4 Å². The van der Waals surface area contributed by atoms with Crippen LogP contribution >= 0.6 is 0 Å². The average molecular weight is 157 g/mol. The molecule has 0 saturated carbocycles. The van der Waals surface area contributed by atoms with E-state index in [4.69, 9.17) is 10.5 Å². The Morgan fingerprint density at radius 3 is 2.55 bits per heavy atom. The maximum atomic E-state index is 5.83. The fraction of sp³-hybridized carbons (Fsp3) is 0.778. The van der Waals surface area contributed by atoms with Crippen LogP contribution in [0.5, 0.6) is 0 Å². The molecule has 11 heavy (non-hydrogen) atoms. The van der Waals surface area contributed by atoms with Gasteiger partial charge in [0.1, 0.15) is 0 Å². The van der Waals surface area contributed by atoms with Gasteiger partial charge in [-0.05, 0) is 19.8 Å². The summed E-state index contributed by atoms with van der Waals surface area (Å²) in [7, 11) is 0. The monoisotopic (exact) mass is 157 g/mol. The molecule has 2 N–H and O–H groups in total. The summed E-state index contributed by atoms with van der Waals surface area (Å²) in [6.07, 6.45) is 3.84. The number of hydrogen-bond donors (Lipinski definition) is 1. The minimum atomic E-state index is 0.109. The topological polar surface area (TPSA) is 35.2 Å². The summed E-state index contributed by atoms with van der Waals surface area (Å²) in [6, 6.07) is 0.109. The van der Waals surface area contributed by atoms with Crippen LogP contribution in [0.2, 0.25) is 0 Å². The van der Waals surface area contributed by atoms with Gasteiger partial charge in [-0.15, -0.1) is 6.58 Å². The Bertz CT molecular complexity index is 104. The second-order valence-electron chi connectivity index (χ2n) is 2.59. The first kappa shape index (κ1) is 10.7. The normalized spacial score (nSPS) is 15.9. The molecule has 0 aliphatic carbocycles. The molecule has 0 aromatic rings. The summed E-state index contributed by atoms with van der Waals surface area (Å²) in [5, 5.41) is 0. The SMILES string of the molecule is C=CCC(N)C(CC)OCC. The quantitative estimate of drug-likeness (QED) is 0.596. The molecule has 0 aliphatic heterocycles. The van der Waals surface area contributed by atoms with Crippen molar-refractivity contribution in [1.29, 1.82) is 0 Å². The molecule has 0 fully saturated rings. The molecule has 0 amide bonds. The molecule has 0 rings (SSSR count). The third kappa shape index (κ3) is 4.17. The van der Waals surface area contributed by atoms with E-state index in [2.05, 4.69) is 13.5 Å². The number of hydrogen-bond acceptors (Lipinski definition) is 2. The van der Waals surface area contributed by atoms with Gasteiger partial charge in [-0.1, -0.05) is 13.0 Å². The Morgan fingerprint density at radius 1 is 1.55 bits per heavy atom. The molecule has 2 nitrogen and oxygen atoms in total. The maximum Gasteiger partial charge on any atom is 0.0726 e. The summed E-state index contributed by atoms with van der Waals surface area (Å²) < 4.78 is 5.43. The number of rotatable bonds is 6. The van der Waals surface area contributed by atoms with E-state index in [1.807, 2.05) is 13.0 Å². The predicted molar refractivity (Wildman–Crippen MR) is 48.5 cm³/mol. The zero-order valence-electron chi connectivity index (χ0n) is 7.55. The summed E-state index contributed by atoms with van der Waals surface area (Å²) in [5.41, 5.74) is 5.83. The summed E-state index contributed by atoms with van der Waals surface area (Å²) in [6.45, 7) is 8.46. The van der Waals surface area contributed by atoms with Crippen LogP contribution in [0.4, 0.5) is 0 Å². The Morgan fingerprint density at radius 2 is 2.18 bits per heavy atom. The second kappa shape index (κ2) is 6.38. The van der Waals surface area contributed by atoms with E-state index < -0.39 is 0 Å². The van der Waals surface area contributed by atoms with E-state index in [0.717, 1.165) is 19.4 Å². The molecule has 0 saturated heterocycles. The fourth-order valence-electron chi connectivity index (χ4n) is 1.10. The van der Waals surface area contributed by atoms with E-state index in [0.29, 0.717) is 0 Å². The van der Waals surface area contributed by atoms with E-state index in [-0.39, 0.29) is 12.1 Å². The largest absolute Gasteiger partial charge is 0.377 e. The van der Waals surface area contributed by atoms with Crippen LogP contribution in [0.3, 0.4) is 0 Å². The third-order valence-corrected chi connectivity index (χ3v) is 1.70. The summed E-state index contributed by atoms with van der Waals surface area (Å²) >= 11 is 0. The van der Waals surface area contributed by atoms with Crippen LogP contribution < -0.4 is 5.73 Å². The highest BCUT2D eigenvalue weighted by Gasteiger charge is 2.13. The van der Waals surface area contributed by atoms with Gasteiger partial charge in [0.15, 0.2) is 0 Å². The smallest absolute Gasteiger partial charge is 0.0726 e. The first-order valence-corrected chi connectivity index (χ1v) is 4.24. The molecule has 0 heterocycles. The maximum absolute atomic E-state index is 5.83. The van der Waals surface area contributed by atoms with Crippen LogP contribution in [0, 0.1) is 0 Å². The van der Waals surface area contributed by atoms with Gasteiger partial charge in [-0.3, -0.25) is 0 Å². The highest BCUT2D eigenvalue weighted by Crippen LogP contribution is 2.05. The van der Waals surface area contributed by atoms with E-state index in [9.17, 15) is 0 Å². The molecule has 0 radical (unpaired) electrons. The van der Waals surface area contributed by atoms with Crippen molar-refractivity contribution in [2.45, 2.75) is 38.8 Å². The number of ether oxygens (including phenoxy) is 1. The van der Waals surface area contributed by atoms with Gasteiger partial charge in [0.25, 0.3) is 0 Å². The van der Waals surface area contributed by atoms with E-state index in [1.165, 1.54) is 0 Å². The highest BCUT2D eigenvalue weighted by molar-refractivity contribution is 4.80. The van der Waals surface area contributed by atoms with Crippen molar-refractivity contribution in [2.24, 2.45) is 5.73 Å². The van der Waals surface area contributed by atoms with Gasteiger partial charge in [-0.25, -0.2) is 0 Å². The van der Waals surface area contributed by atoms with E-state index >= 15 is 0 Å². The van der Waals surface area contributed by atoms with Crippen molar-refractivity contribution in [3.8, 4) is 0 Å².